The van der Waals surface area contributed by atoms with E-state index in [0.29, 0.717) is 11.5 Å². The Morgan fingerprint density at radius 2 is 2.50 bits per heavy atom. The van der Waals surface area contributed by atoms with Gasteiger partial charge in [-0.05, 0) is 11.5 Å². The number of carbonyl (C=O) groups excluding carboxylic acids is 1. The van der Waals surface area contributed by atoms with Crippen molar-refractivity contribution < 1.29 is 4.79 Å². The summed E-state index contributed by atoms with van der Waals surface area (Å²) in [7, 11) is 1.74. The molecule has 2 aromatic rings. The van der Waals surface area contributed by atoms with Crippen molar-refractivity contribution in [2.45, 2.75) is 6.42 Å². The van der Waals surface area contributed by atoms with Gasteiger partial charge < -0.3 is 0 Å². The first-order valence-corrected chi connectivity index (χ1v) is 4.74. The first kappa shape index (κ1) is 8.95. The van der Waals surface area contributed by atoms with Crippen LogP contribution in [0.4, 0.5) is 0 Å². The monoisotopic (exact) mass is 209 g/mol. The third kappa shape index (κ3) is 1.67. The van der Waals surface area contributed by atoms with Crippen LogP contribution in [0.25, 0.3) is 0 Å². The maximum Gasteiger partial charge on any atom is 0.191 e. The van der Waals surface area contributed by atoms with Crippen LogP contribution in [-0.2, 0) is 13.5 Å². The van der Waals surface area contributed by atoms with Gasteiger partial charge in [0.2, 0.25) is 0 Å². The number of ketones is 1. The molecule has 14 heavy (non-hydrogen) atoms. The molecule has 0 aliphatic rings. The van der Waals surface area contributed by atoms with Gasteiger partial charge in [-0.1, -0.05) is 4.49 Å². The molecule has 0 aliphatic heterocycles. The molecule has 2 rings (SSSR count). The molecular formula is C7H7N5OS. The molecule has 7 heteroatoms. The third-order valence-corrected chi connectivity index (χ3v) is 2.27. The average Bonchev–Trinajstić information content (AvgIpc) is 2.77. The fraction of sp³-hybridized carbons (Fsp3) is 0.286. The molecule has 0 bridgehead atoms. The quantitative estimate of drug-likeness (QED) is 0.670. The molecule has 0 saturated carbocycles. The summed E-state index contributed by atoms with van der Waals surface area (Å²) in [5.41, 5.74) is 0.387. The lowest BCUT2D eigenvalue weighted by atomic mass is 10.2. The van der Waals surface area contributed by atoms with Crippen LogP contribution < -0.4 is 0 Å². The van der Waals surface area contributed by atoms with Gasteiger partial charge >= 0.3 is 0 Å². The van der Waals surface area contributed by atoms with Gasteiger partial charge in [0.15, 0.2) is 5.78 Å². The van der Waals surface area contributed by atoms with Crippen LogP contribution in [0.5, 0.6) is 0 Å². The highest BCUT2D eigenvalue weighted by molar-refractivity contribution is 7.03. The zero-order chi connectivity index (χ0) is 9.97. The Morgan fingerprint density at radius 3 is 3.07 bits per heavy atom. The van der Waals surface area contributed by atoms with E-state index in [0.717, 1.165) is 11.5 Å². The molecular weight excluding hydrogens is 202 g/mol. The smallest absolute Gasteiger partial charge is 0.191 e. The van der Waals surface area contributed by atoms with Gasteiger partial charge in [-0.15, -0.1) is 5.10 Å². The van der Waals surface area contributed by atoms with Crippen LogP contribution in [0, 0.1) is 0 Å². The Bertz CT molecular complexity index is 435. The topological polar surface area (TPSA) is 73.6 Å². The Hall–Kier alpha value is -1.63. The number of nitrogens with zero attached hydrogens (tertiary/aromatic N) is 5. The summed E-state index contributed by atoms with van der Waals surface area (Å²) in [6, 6.07) is 0. The van der Waals surface area contributed by atoms with Gasteiger partial charge in [-0.25, -0.2) is 4.98 Å². The first-order valence-electron chi connectivity index (χ1n) is 3.90. The van der Waals surface area contributed by atoms with E-state index in [-0.39, 0.29) is 12.2 Å². The van der Waals surface area contributed by atoms with Gasteiger partial charge in [0, 0.05) is 12.4 Å². The van der Waals surface area contributed by atoms with E-state index in [1.807, 2.05) is 0 Å². The van der Waals surface area contributed by atoms with Gasteiger partial charge in [0.05, 0.1) is 6.42 Å². The second-order valence-corrected chi connectivity index (χ2v) is 3.30. The second-order valence-electron chi connectivity index (χ2n) is 2.69. The lowest BCUT2D eigenvalue weighted by Crippen LogP contribution is -2.09. The standard InChI is InChI=1S/C7H7N5OS/c1-12-7(8-4-9-12)2-6(13)5-3-14-11-10-5/h3-4H,2H2,1H3. The molecule has 72 valence electrons. The van der Waals surface area contributed by atoms with Crippen molar-refractivity contribution in [3.8, 4) is 0 Å². The molecule has 0 saturated heterocycles. The summed E-state index contributed by atoms with van der Waals surface area (Å²) >= 11 is 1.16. The second kappa shape index (κ2) is 3.62. The Labute approximate surface area is 83.8 Å². The fourth-order valence-corrected chi connectivity index (χ4v) is 1.46. The maximum atomic E-state index is 11.5. The molecule has 0 atom stereocenters. The largest absolute Gasteiger partial charge is 0.292 e. The van der Waals surface area contributed by atoms with Crippen molar-refractivity contribution >= 4 is 17.3 Å². The van der Waals surface area contributed by atoms with Crippen LogP contribution in [0.2, 0.25) is 0 Å². The van der Waals surface area contributed by atoms with Crippen LogP contribution in [0.15, 0.2) is 11.7 Å². The Kier molecular flexibility index (Phi) is 2.32. The third-order valence-electron chi connectivity index (χ3n) is 1.77. The van der Waals surface area contributed by atoms with Gasteiger partial charge in [-0.2, -0.15) is 5.10 Å². The molecule has 6 nitrogen and oxygen atoms in total. The molecule has 0 unspecified atom stereocenters. The maximum absolute atomic E-state index is 11.5. The minimum atomic E-state index is -0.0881. The zero-order valence-electron chi connectivity index (χ0n) is 7.41. The Balaban J connectivity index is 2.13. The zero-order valence-corrected chi connectivity index (χ0v) is 8.23. The average molecular weight is 209 g/mol. The van der Waals surface area contributed by atoms with Crippen LogP contribution in [-0.4, -0.2) is 30.1 Å². The van der Waals surface area contributed by atoms with E-state index >= 15 is 0 Å². The number of Topliss-reactive ketones (excluding diaryl/α,β-unsaturated/α-hetero) is 1. The summed E-state index contributed by atoms with van der Waals surface area (Å²) in [5.74, 6) is 0.540. The number of rotatable bonds is 3. The molecule has 0 spiro atoms. The number of carbonyl (C=O) groups is 1. The molecule has 0 aliphatic carbocycles. The Morgan fingerprint density at radius 1 is 1.64 bits per heavy atom. The minimum absolute atomic E-state index is 0.0881. The molecule has 0 N–H and O–H groups in total. The molecule has 2 heterocycles. The molecule has 0 aromatic carbocycles. The van der Waals surface area contributed by atoms with Crippen molar-refractivity contribution in [1.29, 1.82) is 0 Å². The van der Waals surface area contributed by atoms with E-state index in [1.165, 1.54) is 6.33 Å². The summed E-state index contributed by atoms with van der Waals surface area (Å²) in [6.07, 6.45) is 1.63. The van der Waals surface area contributed by atoms with Crippen molar-refractivity contribution in [3.05, 3.63) is 23.2 Å². The van der Waals surface area contributed by atoms with Crippen molar-refractivity contribution in [3.63, 3.8) is 0 Å². The lowest BCUT2D eigenvalue weighted by Gasteiger charge is -1.96. The minimum Gasteiger partial charge on any atom is -0.292 e. The summed E-state index contributed by atoms with van der Waals surface area (Å²) < 4.78 is 5.19. The van der Waals surface area contributed by atoms with Gasteiger partial charge in [0.25, 0.3) is 0 Å². The number of hydrogen-bond acceptors (Lipinski definition) is 6. The van der Waals surface area contributed by atoms with Crippen LogP contribution >= 0.6 is 11.5 Å². The van der Waals surface area contributed by atoms with Crippen LogP contribution in [0.1, 0.15) is 16.3 Å². The highest BCUT2D eigenvalue weighted by Gasteiger charge is 2.12. The van der Waals surface area contributed by atoms with E-state index in [1.54, 1.807) is 17.1 Å². The summed E-state index contributed by atoms with van der Waals surface area (Å²) in [5, 5.41) is 9.18. The summed E-state index contributed by atoms with van der Waals surface area (Å²) in [6.45, 7) is 0. The van der Waals surface area contributed by atoms with E-state index in [2.05, 4.69) is 19.7 Å². The van der Waals surface area contributed by atoms with Crippen molar-refractivity contribution in [2.75, 3.05) is 0 Å². The number of hydrogen-bond donors (Lipinski definition) is 0. The van der Waals surface area contributed by atoms with E-state index < -0.39 is 0 Å². The van der Waals surface area contributed by atoms with Crippen molar-refractivity contribution in [1.82, 2.24) is 24.4 Å². The van der Waals surface area contributed by atoms with Crippen molar-refractivity contribution in [2.24, 2.45) is 7.05 Å². The molecule has 0 amide bonds. The predicted molar refractivity (Wildman–Crippen MR) is 48.9 cm³/mol. The lowest BCUT2D eigenvalue weighted by molar-refractivity contribution is 0.0985. The highest BCUT2D eigenvalue weighted by atomic mass is 32.1. The van der Waals surface area contributed by atoms with E-state index in [4.69, 9.17) is 0 Å². The highest BCUT2D eigenvalue weighted by Crippen LogP contribution is 2.03. The molecule has 0 radical (unpaired) electrons. The first-order chi connectivity index (χ1) is 6.77. The number of aryl methyl sites for hydroxylation is 1. The fourth-order valence-electron chi connectivity index (χ4n) is 1.00. The number of aromatic nitrogens is 5. The predicted octanol–water partition coefficient (Wildman–Crippen LogP) is 0.0920. The SMILES string of the molecule is Cn1ncnc1CC(=O)c1csnn1. The van der Waals surface area contributed by atoms with Gasteiger partial charge in [-0.3, -0.25) is 9.48 Å². The molecule has 2 aromatic heterocycles. The van der Waals surface area contributed by atoms with Gasteiger partial charge in [0.1, 0.15) is 17.8 Å². The van der Waals surface area contributed by atoms with E-state index in [9.17, 15) is 4.79 Å². The summed E-state index contributed by atoms with van der Waals surface area (Å²) in [4.78, 5) is 15.5. The molecule has 0 fully saturated rings. The van der Waals surface area contributed by atoms with Crippen LogP contribution in [0.3, 0.4) is 0 Å². The normalized spacial score (nSPS) is 10.4.